The van der Waals surface area contributed by atoms with E-state index in [2.05, 4.69) is 6.58 Å². The van der Waals surface area contributed by atoms with Crippen LogP contribution in [-0.2, 0) is 23.8 Å². The van der Waals surface area contributed by atoms with Crippen molar-refractivity contribution in [3.63, 3.8) is 0 Å². The maximum Gasteiger partial charge on any atom is 0.350 e. The summed E-state index contributed by atoms with van der Waals surface area (Å²) in [6, 6.07) is 0. The van der Waals surface area contributed by atoms with E-state index in [4.69, 9.17) is 19.9 Å². The highest BCUT2D eigenvalue weighted by Gasteiger charge is 2.50. The normalized spacial score (nSPS) is 19.9. The van der Waals surface area contributed by atoms with E-state index in [-0.39, 0.29) is 19.6 Å². The number of carbonyl (C=O) groups excluding carboxylic acids is 1. The maximum absolute atomic E-state index is 12.2. The van der Waals surface area contributed by atoms with E-state index in [0.717, 1.165) is 0 Å². The Hall–Kier alpha value is -1.48. The van der Waals surface area contributed by atoms with Gasteiger partial charge >= 0.3 is 11.9 Å². The van der Waals surface area contributed by atoms with Gasteiger partial charge in [0.05, 0.1) is 13.2 Å². The average Bonchev–Trinajstić information content (AvgIpc) is 2.52. The Morgan fingerprint density at radius 1 is 1.50 bits per heavy atom. The van der Waals surface area contributed by atoms with Crippen LogP contribution in [0.1, 0.15) is 13.3 Å². The lowest BCUT2D eigenvalue weighted by molar-refractivity contribution is -0.209. The Bertz CT molecular complexity index is 397. The molecule has 1 heterocycles. The smallest absolute Gasteiger partial charge is 0.350 e. The van der Waals surface area contributed by atoms with Crippen LogP contribution in [0.3, 0.4) is 0 Å². The van der Waals surface area contributed by atoms with Crippen LogP contribution in [0, 0.1) is 0 Å². The first-order valence-electron chi connectivity index (χ1n) is 7.19. The van der Waals surface area contributed by atoms with Crippen LogP contribution in [0.5, 0.6) is 0 Å². The number of nitrogens with two attached hydrogens (primary N) is 1. The van der Waals surface area contributed by atoms with E-state index in [9.17, 15) is 14.7 Å². The number of carbonyl (C=O) groups is 2. The highest BCUT2D eigenvalue weighted by Crippen LogP contribution is 2.23. The summed E-state index contributed by atoms with van der Waals surface area (Å²) in [6.07, 6.45) is 0.605. The lowest BCUT2D eigenvalue weighted by atomic mass is 9.99. The number of esters is 1. The van der Waals surface area contributed by atoms with Crippen molar-refractivity contribution >= 4 is 11.9 Å². The molecule has 1 aliphatic heterocycles. The number of nitrogens with zero attached hydrogens (tertiary/aromatic N) is 1. The molecule has 2 unspecified atom stereocenters. The zero-order valence-electron chi connectivity index (χ0n) is 12.8. The summed E-state index contributed by atoms with van der Waals surface area (Å²) in [7, 11) is 0. The Balaban J connectivity index is 2.89. The second-order valence-corrected chi connectivity index (χ2v) is 4.92. The summed E-state index contributed by atoms with van der Waals surface area (Å²) in [5, 5.41) is 9.52. The van der Waals surface area contributed by atoms with Gasteiger partial charge < -0.3 is 25.1 Å². The molecule has 1 fully saturated rings. The first kappa shape index (κ1) is 18.6. The molecule has 0 amide bonds. The maximum atomic E-state index is 12.2. The molecule has 1 rings (SSSR count). The SMILES string of the molecule is C=CCOC(=O)C(CCN)(OC(C)N1CCOCC1)C(=O)O. The monoisotopic (exact) mass is 316 g/mol. The first-order chi connectivity index (χ1) is 10.5. The molecule has 0 radical (unpaired) electrons. The third-order valence-corrected chi connectivity index (χ3v) is 3.44. The first-order valence-corrected chi connectivity index (χ1v) is 7.19. The van der Waals surface area contributed by atoms with Gasteiger partial charge in [-0.1, -0.05) is 12.7 Å². The fourth-order valence-electron chi connectivity index (χ4n) is 2.21. The number of hydrogen-bond donors (Lipinski definition) is 2. The minimum Gasteiger partial charge on any atom is -0.479 e. The molecule has 1 saturated heterocycles. The number of aliphatic carboxylic acids is 1. The van der Waals surface area contributed by atoms with Crippen LogP contribution in [-0.4, -0.2) is 73.2 Å². The van der Waals surface area contributed by atoms with E-state index in [1.807, 2.05) is 4.90 Å². The number of ether oxygens (including phenoxy) is 3. The minimum atomic E-state index is -2.12. The Labute approximate surface area is 129 Å². The van der Waals surface area contributed by atoms with Crippen LogP contribution in [0.25, 0.3) is 0 Å². The fourth-order valence-corrected chi connectivity index (χ4v) is 2.21. The minimum absolute atomic E-state index is 0.0225. The van der Waals surface area contributed by atoms with Crippen molar-refractivity contribution in [1.29, 1.82) is 0 Å². The highest BCUT2D eigenvalue weighted by atomic mass is 16.6. The molecule has 1 aliphatic rings. The fraction of sp³-hybridized carbons (Fsp3) is 0.714. The zero-order chi connectivity index (χ0) is 16.6. The number of rotatable bonds is 9. The van der Waals surface area contributed by atoms with Crippen LogP contribution in [0.2, 0.25) is 0 Å². The molecular formula is C14H24N2O6. The molecule has 0 aromatic rings. The van der Waals surface area contributed by atoms with E-state index < -0.39 is 23.8 Å². The summed E-state index contributed by atoms with van der Waals surface area (Å²) in [5.41, 5.74) is 3.35. The van der Waals surface area contributed by atoms with Crippen molar-refractivity contribution in [3.8, 4) is 0 Å². The Morgan fingerprint density at radius 3 is 2.64 bits per heavy atom. The van der Waals surface area contributed by atoms with Gasteiger partial charge in [0.15, 0.2) is 0 Å². The second kappa shape index (κ2) is 8.84. The predicted octanol–water partition coefficient (Wildman–Crippen LogP) is -0.417. The number of morpholine rings is 1. The molecule has 0 aromatic carbocycles. The number of carboxylic acid groups (broad SMARTS) is 1. The Morgan fingerprint density at radius 2 is 2.14 bits per heavy atom. The van der Waals surface area contributed by atoms with Gasteiger partial charge in [0.2, 0.25) is 0 Å². The second-order valence-electron chi connectivity index (χ2n) is 4.92. The van der Waals surface area contributed by atoms with Gasteiger partial charge in [0, 0.05) is 19.5 Å². The largest absolute Gasteiger partial charge is 0.479 e. The summed E-state index contributed by atoms with van der Waals surface area (Å²) in [4.78, 5) is 25.8. The molecule has 22 heavy (non-hydrogen) atoms. The summed E-state index contributed by atoms with van der Waals surface area (Å²) in [6.45, 7) is 7.27. The van der Waals surface area contributed by atoms with Crippen LogP contribution in [0.15, 0.2) is 12.7 Å². The van der Waals surface area contributed by atoms with Gasteiger partial charge in [0.25, 0.3) is 5.60 Å². The predicted molar refractivity (Wildman–Crippen MR) is 78.1 cm³/mol. The van der Waals surface area contributed by atoms with Crippen LogP contribution >= 0.6 is 0 Å². The van der Waals surface area contributed by atoms with E-state index in [0.29, 0.717) is 26.3 Å². The molecule has 0 aromatic heterocycles. The van der Waals surface area contributed by atoms with E-state index in [1.165, 1.54) is 6.08 Å². The van der Waals surface area contributed by atoms with Gasteiger partial charge in [-0.3, -0.25) is 4.90 Å². The molecular weight excluding hydrogens is 292 g/mol. The average molecular weight is 316 g/mol. The molecule has 2 atom stereocenters. The number of carboxylic acids is 1. The molecule has 8 nitrogen and oxygen atoms in total. The summed E-state index contributed by atoms with van der Waals surface area (Å²) < 4.78 is 15.8. The summed E-state index contributed by atoms with van der Waals surface area (Å²) >= 11 is 0. The van der Waals surface area contributed by atoms with E-state index in [1.54, 1.807) is 6.92 Å². The molecule has 8 heteroatoms. The van der Waals surface area contributed by atoms with Crippen molar-refractivity contribution in [1.82, 2.24) is 4.90 Å². The van der Waals surface area contributed by atoms with Crippen LogP contribution in [0.4, 0.5) is 0 Å². The third kappa shape index (κ3) is 4.51. The topological polar surface area (TPSA) is 111 Å². The quantitative estimate of drug-likeness (QED) is 0.335. The summed E-state index contributed by atoms with van der Waals surface area (Å²) in [5.74, 6) is -2.38. The van der Waals surface area contributed by atoms with Crippen molar-refractivity contribution in [3.05, 3.63) is 12.7 Å². The van der Waals surface area contributed by atoms with Crippen LogP contribution < -0.4 is 5.73 Å². The van der Waals surface area contributed by atoms with Gasteiger partial charge in [0.1, 0.15) is 12.8 Å². The van der Waals surface area contributed by atoms with Crippen molar-refractivity contribution in [2.45, 2.75) is 25.2 Å². The standard InChI is InChI=1S/C14H24N2O6/c1-3-8-21-13(19)14(4-5-15,12(17)18)22-11(2)16-6-9-20-10-7-16/h3,11H,1,4-10,15H2,2H3,(H,17,18). The lowest BCUT2D eigenvalue weighted by Crippen LogP contribution is -2.56. The zero-order valence-corrected chi connectivity index (χ0v) is 12.8. The van der Waals surface area contributed by atoms with Gasteiger partial charge in [-0.15, -0.1) is 0 Å². The van der Waals surface area contributed by atoms with Gasteiger partial charge in [-0.05, 0) is 13.5 Å². The van der Waals surface area contributed by atoms with E-state index >= 15 is 0 Å². The molecule has 3 N–H and O–H groups in total. The van der Waals surface area contributed by atoms with Gasteiger partial charge in [-0.2, -0.15) is 0 Å². The molecule has 126 valence electrons. The molecule has 0 spiro atoms. The molecule has 0 saturated carbocycles. The Kier molecular flexibility index (Phi) is 7.46. The molecule has 0 bridgehead atoms. The van der Waals surface area contributed by atoms with Gasteiger partial charge in [-0.25, -0.2) is 9.59 Å². The highest BCUT2D eigenvalue weighted by molar-refractivity contribution is 6.02. The lowest BCUT2D eigenvalue weighted by Gasteiger charge is -2.37. The molecule has 0 aliphatic carbocycles. The van der Waals surface area contributed by atoms with Crippen molar-refractivity contribution in [2.75, 3.05) is 39.5 Å². The van der Waals surface area contributed by atoms with Crippen molar-refractivity contribution < 1.29 is 28.9 Å². The third-order valence-electron chi connectivity index (χ3n) is 3.44. The number of hydrogen-bond acceptors (Lipinski definition) is 7. The van der Waals surface area contributed by atoms with Crippen molar-refractivity contribution in [2.24, 2.45) is 5.73 Å².